The van der Waals surface area contributed by atoms with Crippen LogP contribution in [0.4, 0.5) is 10.8 Å². The molecule has 0 bridgehead atoms. The van der Waals surface area contributed by atoms with E-state index in [-0.39, 0.29) is 5.91 Å². The molecule has 4 rings (SSSR count). The normalized spacial score (nSPS) is 12.4. The third-order valence-electron chi connectivity index (χ3n) is 3.76. The Morgan fingerprint density at radius 1 is 1.21 bits per heavy atom. The monoisotopic (exact) mass is 337 g/mol. The molecule has 6 nitrogen and oxygen atoms in total. The van der Waals surface area contributed by atoms with Gasteiger partial charge in [0.25, 0.3) is 0 Å². The van der Waals surface area contributed by atoms with E-state index < -0.39 is 6.04 Å². The zero-order valence-corrected chi connectivity index (χ0v) is 13.7. The number of anilines is 2. The lowest BCUT2D eigenvalue weighted by Crippen LogP contribution is -2.31. The summed E-state index contributed by atoms with van der Waals surface area (Å²) in [7, 11) is 0. The number of aromatic nitrogens is 3. The molecule has 2 aromatic carbocycles. The summed E-state index contributed by atoms with van der Waals surface area (Å²) in [5.74, 6) is -0.128. The molecule has 24 heavy (non-hydrogen) atoms. The standard InChI is InChI=1S/C17H15N5OS/c1-10(19-17-21-12-6-2-3-8-14(12)24-17)16(23)20-13-7-4-5-11-9-18-22-15(11)13/h2-10H,1H3,(H,18,22)(H,19,21)(H,20,23). The van der Waals surface area contributed by atoms with E-state index >= 15 is 0 Å². The predicted octanol–water partition coefficient (Wildman–Crippen LogP) is 3.61. The SMILES string of the molecule is CC(Nc1nc2ccccc2s1)C(=O)Nc1cccc2cn[nH]c12. The maximum atomic E-state index is 12.5. The molecule has 1 unspecified atom stereocenters. The molecule has 0 saturated carbocycles. The van der Waals surface area contributed by atoms with Gasteiger partial charge in [0, 0.05) is 5.39 Å². The van der Waals surface area contributed by atoms with Crippen LogP contribution in [0, 0.1) is 0 Å². The molecule has 0 aliphatic heterocycles. The van der Waals surface area contributed by atoms with Crippen molar-refractivity contribution in [1.82, 2.24) is 15.2 Å². The van der Waals surface area contributed by atoms with Crippen molar-refractivity contribution < 1.29 is 4.79 Å². The van der Waals surface area contributed by atoms with Crippen molar-refractivity contribution in [2.45, 2.75) is 13.0 Å². The minimum atomic E-state index is -0.413. The Balaban J connectivity index is 1.50. The maximum Gasteiger partial charge on any atom is 0.246 e. The number of amides is 1. The summed E-state index contributed by atoms with van der Waals surface area (Å²) >= 11 is 1.53. The number of fused-ring (bicyclic) bond motifs is 2. The van der Waals surface area contributed by atoms with Gasteiger partial charge in [-0.25, -0.2) is 4.98 Å². The third-order valence-corrected chi connectivity index (χ3v) is 4.73. The Morgan fingerprint density at radius 2 is 2.08 bits per heavy atom. The number of rotatable bonds is 4. The van der Waals surface area contributed by atoms with Crippen LogP contribution in [0.25, 0.3) is 21.1 Å². The van der Waals surface area contributed by atoms with Crippen LogP contribution in [-0.4, -0.2) is 27.1 Å². The van der Waals surface area contributed by atoms with E-state index in [9.17, 15) is 4.79 Å². The summed E-state index contributed by atoms with van der Waals surface area (Å²) in [5.41, 5.74) is 2.46. The van der Waals surface area contributed by atoms with Crippen molar-refractivity contribution in [3.63, 3.8) is 0 Å². The largest absolute Gasteiger partial charge is 0.350 e. The van der Waals surface area contributed by atoms with E-state index in [0.717, 1.165) is 26.3 Å². The van der Waals surface area contributed by atoms with Gasteiger partial charge in [0.1, 0.15) is 6.04 Å². The van der Waals surface area contributed by atoms with Crippen LogP contribution < -0.4 is 10.6 Å². The molecule has 1 amide bonds. The fourth-order valence-corrected chi connectivity index (χ4v) is 3.45. The zero-order chi connectivity index (χ0) is 16.5. The van der Waals surface area contributed by atoms with Gasteiger partial charge in [-0.1, -0.05) is 35.6 Å². The highest BCUT2D eigenvalue weighted by molar-refractivity contribution is 7.22. The highest BCUT2D eigenvalue weighted by Crippen LogP contribution is 2.26. The highest BCUT2D eigenvalue weighted by atomic mass is 32.1. The number of para-hydroxylation sites is 2. The lowest BCUT2D eigenvalue weighted by Gasteiger charge is -2.13. The minimum Gasteiger partial charge on any atom is -0.350 e. The quantitative estimate of drug-likeness (QED) is 0.531. The number of carbonyl (C=O) groups excluding carboxylic acids is 1. The lowest BCUT2D eigenvalue weighted by atomic mass is 10.2. The second-order valence-electron chi connectivity index (χ2n) is 5.48. The van der Waals surface area contributed by atoms with Gasteiger partial charge >= 0.3 is 0 Å². The molecule has 1 atom stereocenters. The predicted molar refractivity (Wildman–Crippen MR) is 97.4 cm³/mol. The van der Waals surface area contributed by atoms with E-state index in [1.54, 1.807) is 6.20 Å². The minimum absolute atomic E-state index is 0.128. The van der Waals surface area contributed by atoms with Gasteiger partial charge in [-0.2, -0.15) is 5.10 Å². The van der Waals surface area contributed by atoms with E-state index in [1.165, 1.54) is 11.3 Å². The number of thiazole rings is 1. The first-order valence-electron chi connectivity index (χ1n) is 7.56. The number of hydrogen-bond acceptors (Lipinski definition) is 5. The molecular formula is C17H15N5OS. The number of benzene rings is 2. The Kier molecular flexibility index (Phi) is 3.62. The number of nitrogens with one attached hydrogen (secondary N) is 3. The first kappa shape index (κ1) is 14.6. The molecule has 0 spiro atoms. The topological polar surface area (TPSA) is 82.7 Å². The number of aromatic amines is 1. The smallest absolute Gasteiger partial charge is 0.246 e. The fourth-order valence-electron chi connectivity index (χ4n) is 2.50. The summed E-state index contributed by atoms with van der Waals surface area (Å²) < 4.78 is 1.09. The average Bonchev–Trinajstić information content (AvgIpc) is 3.20. The van der Waals surface area contributed by atoms with Gasteiger partial charge in [-0.3, -0.25) is 9.89 Å². The van der Waals surface area contributed by atoms with Crippen molar-refractivity contribution in [3.8, 4) is 0 Å². The average molecular weight is 337 g/mol. The number of carbonyl (C=O) groups is 1. The number of H-pyrrole nitrogens is 1. The van der Waals surface area contributed by atoms with Crippen LogP contribution in [-0.2, 0) is 4.79 Å². The van der Waals surface area contributed by atoms with Gasteiger partial charge in [-0.15, -0.1) is 0 Å². The number of hydrogen-bond donors (Lipinski definition) is 3. The molecule has 2 aromatic heterocycles. The van der Waals surface area contributed by atoms with Gasteiger partial charge in [0.05, 0.1) is 27.6 Å². The third kappa shape index (κ3) is 2.69. The molecule has 0 aliphatic rings. The van der Waals surface area contributed by atoms with Crippen molar-refractivity contribution in [3.05, 3.63) is 48.7 Å². The molecule has 3 N–H and O–H groups in total. The zero-order valence-electron chi connectivity index (χ0n) is 12.9. The van der Waals surface area contributed by atoms with Gasteiger partial charge in [0.2, 0.25) is 5.91 Å². The van der Waals surface area contributed by atoms with Crippen LogP contribution in [0.5, 0.6) is 0 Å². The molecule has 2 heterocycles. The van der Waals surface area contributed by atoms with E-state index in [0.29, 0.717) is 5.69 Å². The molecule has 120 valence electrons. The molecule has 0 fully saturated rings. The Bertz CT molecular complexity index is 989. The second-order valence-corrected chi connectivity index (χ2v) is 6.51. The van der Waals surface area contributed by atoms with E-state index in [4.69, 9.17) is 0 Å². The van der Waals surface area contributed by atoms with Crippen LogP contribution in [0.2, 0.25) is 0 Å². The summed E-state index contributed by atoms with van der Waals surface area (Å²) in [4.78, 5) is 17.0. The van der Waals surface area contributed by atoms with Crippen LogP contribution >= 0.6 is 11.3 Å². The lowest BCUT2D eigenvalue weighted by molar-refractivity contribution is -0.116. The van der Waals surface area contributed by atoms with Gasteiger partial charge in [-0.05, 0) is 25.1 Å². The Morgan fingerprint density at radius 3 is 2.96 bits per heavy atom. The summed E-state index contributed by atoms with van der Waals surface area (Å²) in [6.45, 7) is 1.81. The summed E-state index contributed by atoms with van der Waals surface area (Å²) in [6.07, 6.45) is 1.73. The molecule has 0 radical (unpaired) electrons. The second kappa shape index (κ2) is 5.93. The van der Waals surface area contributed by atoms with Crippen molar-refractivity contribution in [2.75, 3.05) is 10.6 Å². The molecule has 0 aliphatic carbocycles. The summed E-state index contributed by atoms with van der Waals surface area (Å²) in [6, 6.07) is 13.2. The summed E-state index contributed by atoms with van der Waals surface area (Å²) in [5, 5.41) is 14.7. The van der Waals surface area contributed by atoms with Crippen LogP contribution in [0.3, 0.4) is 0 Å². The maximum absolute atomic E-state index is 12.5. The van der Waals surface area contributed by atoms with Crippen LogP contribution in [0.15, 0.2) is 48.7 Å². The van der Waals surface area contributed by atoms with Gasteiger partial charge < -0.3 is 10.6 Å². The Labute approximate surface area is 141 Å². The molecule has 7 heteroatoms. The van der Waals surface area contributed by atoms with Gasteiger partial charge in [0.15, 0.2) is 5.13 Å². The van der Waals surface area contributed by atoms with E-state index in [1.807, 2.05) is 49.4 Å². The molecule has 4 aromatic rings. The first-order chi connectivity index (χ1) is 11.7. The number of nitrogens with zero attached hydrogens (tertiary/aromatic N) is 2. The highest BCUT2D eigenvalue weighted by Gasteiger charge is 2.16. The molecular weight excluding hydrogens is 322 g/mol. The fraction of sp³-hybridized carbons (Fsp3) is 0.118. The molecule has 0 saturated heterocycles. The van der Waals surface area contributed by atoms with Crippen molar-refractivity contribution in [1.29, 1.82) is 0 Å². The van der Waals surface area contributed by atoms with Crippen molar-refractivity contribution in [2.24, 2.45) is 0 Å². The first-order valence-corrected chi connectivity index (χ1v) is 8.37. The van der Waals surface area contributed by atoms with Crippen molar-refractivity contribution >= 4 is 49.2 Å². The van der Waals surface area contributed by atoms with E-state index in [2.05, 4.69) is 25.8 Å². The van der Waals surface area contributed by atoms with Crippen LogP contribution in [0.1, 0.15) is 6.92 Å². The Hall–Kier alpha value is -2.93.